The van der Waals surface area contributed by atoms with Crippen LogP contribution in [0.1, 0.15) is 190 Å². The normalized spacial score (nSPS) is 15.1. The van der Waals surface area contributed by atoms with E-state index in [0.29, 0.717) is 12.8 Å². The molecule has 0 aromatic carbocycles. The SMILES string of the molecule is CCCCCCCCCCC(CN(CCCCC(O)C(=O)O)CC(CCCCCCCCCC)O[Si](C)(C)C(C)(C)C)O[Si](C)(C)C(C)(C)C. The molecule has 3 unspecified atom stereocenters. The van der Waals surface area contributed by atoms with Crippen LogP contribution >= 0.6 is 0 Å². The van der Waals surface area contributed by atoms with Gasteiger partial charge in [0.05, 0.1) is 12.2 Å². The number of unbranched alkanes of at least 4 members (excludes halogenated alkanes) is 15. The number of rotatable bonds is 32. The van der Waals surface area contributed by atoms with Crippen LogP contribution in [0.4, 0.5) is 0 Å². The van der Waals surface area contributed by atoms with E-state index in [1.165, 1.54) is 103 Å². The average molecular weight is 744 g/mol. The zero-order valence-electron chi connectivity index (χ0n) is 35.8. The van der Waals surface area contributed by atoms with Crippen LogP contribution in [-0.4, -0.2) is 75.7 Å². The largest absolute Gasteiger partial charge is 0.479 e. The van der Waals surface area contributed by atoms with Crippen LogP contribution in [0.5, 0.6) is 0 Å². The number of nitrogens with zero attached hydrogens (tertiary/aromatic N) is 1. The van der Waals surface area contributed by atoms with Gasteiger partial charge in [0.15, 0.2) is 22.7 Å². The highest BCUT2D eigenvalue weighted by Gasteiger charge is 2.41. The Balaban J connectivity index is 5.97. The van der Waals surface area contributed by atoms with Gasteiger partial charge in [-0.1, -0.05) is 158 Å². The Bertz CT molecular complexity index is 785. The van der Waals surface area contributed by atoms with E-state index >= 15 is 0 Å². The van der Waals surface area contributed by atoms with Crippen molar-refractivity contribution in [3.05, 3.63) is 0 Å². The van der Waals surface area contributed by atoms with E-state index in [0.717, 1.165) is 38.9 Å². The van der Waals surface area contributed by atoms with Gasteiger partial charge in [-0.2, -0.15) is 0 Å². The number of hydrogen-bond acceptors (Lipinski definition) is 5. The van der Waals surface area contributed by atoms with Gasteiger partial charge in [0.25, 0.3) is 0 Å². The Morgan fingerprint density at radius 2 is 0.880 bits per heavy atom. The quantitative estimate of drug-likeness (QED) is 0.0527. The van der Waals surface area contributed by atoms with Gasteiger partial charge < -0.3 is 19.1 Å². The molecule has 0 heterocycles. The molecule has 3 atom stereocenters. The fourth-order valence-corrected chi connectivity index (χ4v) is 8.96. The molecule has 0 aliphatic rings. The van der Waals surface area contributed by atoms with E-state index in [1.54, 1.807) is 0 Å². The number of carbonyl (C=O) groups is 1. The van der Waals surface area contributed by atoms with Gasteiger partial charge in [-0.3, -0.25) is 4.90 Å². The zero-order valence-corrected chi connectivity index (χ0v) is 37.8. The van der Waals surface area contributed by atoms with Crippen molar-refractivity contribution in [1.29, 1.82) is 0 Å². The molecule has 2 N–H and O–H groups in total. The lowest BCUT2D eigenvalue weighted by Crippen LogP contribution is -2.50. The maximum atomic E-state index is 11.3. The Morgan fingerprint density at radius 1 is 0.560 bits per heavy atom. The number of carboxylic acids is 1. The Labute approximate surface area is 314 Å². The van der Waals surface area contributed by atoms with Crippen LogP contribution < -0.4 is 0 Å². The number of aliphatic hydroxyl groups is 1. The van der Waals surface area contributed by atoms with Crippen molar-refractivity contribution in [3.8, 4) is 0 Å². The second-order valence-corrected chi connectivity index (χ2v) is 28.1. The Hall–Kier alpha value is -0.256. The van der Waals surface area contributed by atoms with E-state index < -0.39 is 28.7 Å². The van der Waals surface area contributed by atoms with Crippen molar-refractivity contribution >= 4 is 22.6 Å². The second-order valence-electron chi connectivity index (χ2n) is 18.6. The first-order valence-electron chi connectivity index (χ1n) is 21.3. The molecule has 0 aliphatic heterocycles. The second kappa shape index (κ2) is 26.5. The molecule has 0 amide bonds. The summed E-state index contributed by atoms with van der Waals surface area (Å²) in [6.07, 6.45) is 24.1. The number of carboxylic acid groups (broad SMARTS) is 1. The molecule has 0 radical (unpaired) electrons. The van der Waals surface area contributed by atoms with Crippen LogP contribution in [0.2, 0.25) is 36.3 Å². The van der Waals surface area contributed by atoms with Crippen molar-refractivity contribution in [1.82, 2.24) is 4.90 Å². The van der Waals surface area contributed by atoms with E-state index in [4.69, 9.17) is 8.85 Å². The molecule has 6 nitrogen and oxygen atoms in total. The topological polar surface area (TPSA) is 79.2 Å². The van der Waals surface area contributed by atoms with Crippen molar-refractivity contribution in [2.24, 2.45) is 0 Å². The summed E-state index contributed by atoms with van der Waals surface area (Å²) >= 11 is 0. The summed E-state index contributed by atoms with van der Waals surface area (Å²) in [5, 5.41) is 19.5. The van der Waals surface area contributed by atoms with Crippen LogP contribution in [-0.2, 0) is 13.6 Å². The molecule has 0 fully saturated rings. The smallest absolute Gasteiger partial charge is 0.332 e. The summed E-state index contributed by atoms with van der Waals surface area (Å²) in [5.41, 5.74) is 0. The van der Waals surface area contributed by atoms with Crippen molar-refractivity contribution in [3.63, 3.8) is 0 Å². The first kappa shape index (κ1) is 49.7. The minimum absolute atomic E-state index is 0.146. The molecule has 0 saturated carbocycles. The summed E-state index contributed by atoms with van der Waals surface area (Å²) < 4.78 is 14.4. The third-order valence-electron chi connectivity index (χ3n) is 11.7. The standard InChI is InChI=1S/C42H89NO5Si2/c1-13-15-17-19-21-23-25-27-31-37(47-49(9,10)41(3,4)5)35-43(34-30-29-33-39(44)40(45)46)36-38(48-50(11,12)42(6,7)8)32-28-26-24-22-20-18-16-14-2/h37-39,44H,13-36H2,1-12H3,(H,45,46). The number of hydrogen-bond donors (Lipinski definition) is 2. The van der Waals surface area contributed by atoms with Crippen molar-refractivity contribution in [2.45, 2.75) is 245 Å². The number of aliphatic hydroxyl groups excluding tert-OH is 1. The number of aliphatic carboxylic acids is 1. The molecule has 50 heavy (non-hydrogen) atoms. The molecular weight excluding hydrogens is 655 g/mol. The first-order valence-corrected chi connectivity index (χ1v) is 27.1. The molecule has 0 aromatic rings. The van der Waals surface area contributed by atoms with Gasteiger partial charge in [-0.25, -0.2) is 4.79 Å². The molecular formula is C42H89NO5Si2. The average Bonchev–Trinajstić information content (AvgIpc) is 3.00. The predicted molar refractivity (Wildman–Crippen MR) is 223 cm³/mol. The van der Waals surface area contributed by atoms with Crippen molar-refractivity contribution < 1.29 is 23.9 Å². The molecule has 0 bridgehead atoms. The summed E-state index contributed by atoms with van der Waals surface area (Å²) in [5.74, 6) is -1.12. The zero-order chi connectivity index (χ0) is 38.3. The monoisotopic (exact) mass is 744 g/mol. The van der Waals surface area contributed by atoms with Gasteiger partial charge in [0.1, 0.15) is 0 Å². The fraction of sp³-hybridized carbons (Fsp3) is 0.976. The molecule has 0 aliphatic carbocycles. The van der Waals surface area contributed by atoms with Crippen LogP contribution in [0, 0.1) is 0 Å². The van der Waals surface area contributed by atoms with Gasteiger partial charge in [0.2, 0.25) is 0 Å². The lowest BCUT2D eigenvalue weighted by Gasteiger charge is -2.42. The summed E-state index contributed by atoms with van der Waals surface area (Å²) in [4.78, 5) is 13.9. The molecule has 300 valence electrons. The van der Waals surface area contributed by atoms with E-state index in [-0.39, 0.29) is 22.3 Å². The maximum Gasteiger partial charge on any atom is 0.332 e. The minimum atomic E-state index is -1.99. The molecule has 0 rings (SSSR count). The molecule has 0 spiro atoms. The van der Waals surface area contributed by atoms with Gasteiger partial charge in [0, 0.05) is 13.1 Å². The lowest BCUT2D eigenvalue weighted by atomic mass is 10.0. The van der Waals surface area contributed by atoms with Crippen LogP contribution in [0.25, 0.3) is 0 Å². The maximum absolute atomic E-state index is 11.3. The summed E-state index contributed by atoms with van der Waals surface area (Å²) in [6, 6.07) is 0. The molecule has 8 heteroatoms. The predicted octanol–water partition coefficient (Wildman–Crippen LogP) is 12.7. The lowest BCUT2D eigenvalue weighted by molar-refractivity contribution is -0.146. The summed E-state index contributed by atoms with van der Waals surface area (Å²) in [6.45, 7) is 30.8. The van der Waals surface area contributed by atoms with E-state index in [1.807, 2.05) is 0 Å². The Morgan fingerprint density at radius 3 is 1.20 bits per heavy atom. The fourth-order valence-electron chi connectivity index (χ4n) is 6.20. The van der Waals surface area contributed by atoms with Crippen LogP contribution in [0.15, 0.2) is 0 Å². The van der Waals surface area contributed by atoms with Gasteiger partial charge in [-0.15, -0.1) is 0 Å². The molecule has 0 saturated heterocycles. The minimum Gasteiger partial charge on any atom is -0.479 e. The summed E-state index contributed by atoms with van der Waals surface area (Å²) in [7, 11) is -3.97. The highest BCUT2D eigenvalue weighted by molar-refractivity contribution is 6.74. The third kappa shape index (κ3) is 23.4. The Kier molecular flexibility index (Phi) is 26.4. The van der Waals surface area contributed by atoms with E-state index in [2.05, 4.69) is 86.5 Å². The highest BCUT2D eigenvalue weighted by atomic mass is 28.4. The van der Waals surface area contributed by atoms with Gasteiger partial charge in [-0.05, 0) is 74.9 Å². The third-order valence-corrected chi connectivity index (χ3v) is 20.8. The van der Waals surface area contributed by atoms with E-state index in [9.17, 15) is 15.0 Å². The van der Waals surface area contributed by atoms with Crippen LogP contribution in [0.3, 0.4) is 0 Å². The van der Waals surface area contributed by atoms with Crippen molar-refractivity contribution in [2.75, 3.05) is 19.6 Å². The first-order chi connectivity index (χ1) is 23.3. The van der Waals surface area contributed by atoms with Gasteiger partial charge >= 0.3 is 5.97 Å². The highest BCUT2D eigenvalue weighted by Crippen LogP contribution is 2.39. The molecule has 0 aromatic heterocycles.